The number of aliphatic hydroxyl groups is 1. The summed E-state index contributed by atoms with van der Waals surface area (Å²) in [6.45, 7) is -0.104. The molecule has 2 aromatic carbocycles. The maximum Gasteiger partial charge on any atom is 0.145 e. The number of para-hydroxylation sites is 1. The molecule has 108 valence electrons. The third-order valence-electron chi connectivity index (χ3n) is 3.33. The summed E-state index contributed by atoms with van der Waals surface area (Å²) in [7, 11) is 0. The van der Waals surface area contributed by atoms with Crippen LogP contribution in [0.4, 0.5) is 14.5 Å². The minimum atomic E-state index is -0.637. The average molecular weight is 289 g/mol. The molecule has 0 radical (unpaired) electrons. The van der Waals surface area contributed by atoms with Crippen molar-refractivity contribution in [3.8, 4) is 5.75 Å². The zero-order valence-corrected chi connectivity index (χ0v) is 11.1. The van der Waals surface area contributed by atoms with Crippen molar-refractivity contribution >= 4 is 11.4 Å². The van der Waals surface area contributed by atoms with Gasteiger partial charge in [-0.2, -0.15) is 0 Å². The highest BCUT2D eigenvalue weighted by Gasteiger charge is 2.18. The van der Waals surface area contributed by atoms with Crippen LogP contribution in [0.1, 0.15) is 11.1 Å². The highest BCUT2D eigenvalue weighted by molar-refractivity contribution is 5.95. The van der Waals surface area contributed by atoms with Gasteiger partial charge in [-0.15, -0.1) is 0 Å². The molecule has 1 aliphatic rings. The molecule has 5 heteroatoms. The number of aliphatic hydroxyl groups excluding tert-OH is 1. The van der Waals surface area contributed by atoms with Gasteiger partial charge in [0.1, 0.15) is 29.7 Å². The number of ether oxygens (including phenoxy) is 1. The molecule has 3 rings (SSSR count). The number of halogens is 2. The molecule has 3 nitrogen and oxygen atoms in total. The van der Waals surface area contributed by atoms with Crippen LogP contribution in [0.25, 0.3) is 0 Å². The maximum atomic E-state index is 13.6. The highest BCUT2D eigenvalue weighted by atomic mass is 19.1. The quantitative estimate of drug-likeness (QED) is 0.939. The predicted octanol–water partition coefficient (Wildman–Crippen LogP) is 3.16. The van der Waals surface area contributed by atoms with Crippen molar-refractivity contribution in [2.24, 2.45) is 4.99 Å². The van der Waals surface area contributed by atoms with Crippen LogP contribution in [0.5, 0.6) is 5.75 Å². The lowest BCUT2D eigenvalue weighted by molar-refractivity contribution is 0.300. The molecule has 0 spiro atoms. The predicted molar refractivity (Wildman–Crippen MR) is 75.0 cm³/mol. The Morgan fingerprint density at radius 2 is 2.05 bits per heavy atom. The van der Waals surface area contributed by atoms with E-state index in [2.05, 4.69) is 4.99 Å². The van der Waals surface area contributed by atoms with Crippen molar-refractivity contribution in [2.75, 3.05) is 6.61 Å². The van der Waals surface area contributed by atoms with Crippen LogP contribution in [-0.2, 0) is 13.0 Å². The van der Waals surface area contributed by atoms with Gasteiger partial charge in [0, 0.05) is 23.8 Å². The molecule has 1 aliphatic heterocycles. The first kappa shape index (κ1) is 13.7. The van der Waals surface area contributed by atoms with E-state index in [4.69, 9.17) is 9.84 Å². The monoisotopic (exact) mass is 289 g/mol. The van der Waals surface area contributed by atoms with Gasteiger partial charge < -0.3 is 9.84 Å². The molecular formula is C16H13F2NO2. The van der Waals surface area contributed by atoms with Gasteiger partial charge in [-0.25, -0.2) is 8.78 Å². The van der Waals surface area contributed by atoms with Crippen LogP contribution in [0, 0.1) is 11.6 Å². The van der Waals surface area contributed by atoms with Gasteiger partial charge in [0.25, 0.3) is 0 Å². The fraction of sp³-hybridized carbons (Fsp3) is 0.188. The van der Waals surface area contributed by atoms with Crippen LogP contribution < -0.4 is 4.74 Å². The summed E-state index contributed by atoms with van der Waals surface area (Å²) in [5, 5.41) is 9.14. The van der Waals surface area contributed by atoms with Crippen molar-refractivity contribution in [2.45, 2.75) is 13.0 Å². The first-order chi connectivity index (χ1) is 10.2. The second-order valence-electron chi connectivity index (χ2n) is 4.80. The van der Waals surface area contributed by atoms with Crippen molar-refractivity contribution in [3.05, 3.63) is 59.2 Å². The highest BCUT2D eigenvalue weighted by Crippen LogP contribution is 2.36. The van der Waals surface area contributed by atoms with Crippen molar-refractivity contribution < 1.29 is 18.6 Å². The molecule has 2 aromatic rings. The molecular weight excluding hydrogens is 276 g/mol. The Morgan fingerprint density at radius 3 is 2.81 bits per heavy atom. The SMILES string of the molecule is OCC1=Nc2c(cccc2OCc2ccc(F)cc2F)C1. The first-order valence-corrected chi connectivity index (χ1v) is 6.53. The van der Waals surface area contributed by atoms with E-state index in [9.17, 15) is 8.78 Å². The standard InChI is InChI=1S/C16H13F2NO2/c17-12-5-4-11(14(18)7-12)9-21-15-3-1-2-10-6-13(8-20)19-16(10)15/h1-5,7,20H,6,8-9H2. The fourth-order valence-corrected chi connectivity index (χ4v) is 2.26. The first-order valence-electron chi connectivity index (χ1n) is 6.53. The van der Waals surface area contributed by atoms with E-state index in [1.165, 1.54) is 12.1 Å². The van der Waals surface area contributed by atoms with Crippen LogP contribution in [-0.4, -0.2) is 17.4 Å². The molecule has 0 amide bonds. The normalized spacial score (nSPS) is 13.0. The third kappa shape index (κ3) is 2.78. The molecule has 0 unspecified atom stereocenters. The van der Waals surface area contributed by atoms with Crippen LogP contribution in [0.2, 0.25) is 0 Å². The van der Waals surface area contributed by atoms with Crippen molar-refractivity contribution in [1.29, 1.82) is 0 Å². The van der Waals surface area contributed by atoms with Gasteiger partial charge >= 0.3 is 0 Å². The number of benzene rings is 2. The molecule has 0 aromatic heterocycles. The Bertz CT molecular complexity index is 713. The van der Waals surface area contributed by atoms with E-state index in [0.717, 1.165) is 11.6 Å². The van der Waals surface area contributed by atoms with E-state index in [-0.39, 0.29) is 18.8 Å². The van der Waals surface area contributed by atoms with Crippen LogP contribution >= 0.6 is 0 Å². The number of hydrogen-bond acceptors (Lipinski definition) is 3. The zero-order valence-electron chi connectivity index (χ0n) is 11.1. The van der Waals surface area contributed by atoms with Gasteiger partial charge in [0.15, 0.2) is 0 Å². The second-order valence-corrected chi connectivity index (χ2v) is 4.80. The molecule has 21 heavy (non-hydrogen) atoms. The molecule has 1 heterocycles. The fourth-order valence-electron chi connectivity index (χ4n) is 2.26. The van der Waals surface area contributed by atoms with Gasteiger partial charge in [-0.05, 0) is 23.8 Å². The summed E-state index contributed by atoms with van der Waals surface area (Å²) < 4.78 is 32.0. The van der Waals surface area contributed by atoms with E-state index < -0.39 is 11.6 Å². The third-order valence-corrected chi connectivity index (χ3v) is 3.33. The Labute approximate surface area is 120 Å². The number of hydrogen-bond donors (Lipinski definition) is 1. The Balaban J connectivity index is 1.81. The molecule has 1 N–H and O–H groups in total. The summed E-state index contributed by atoms with van der Waals surface area (Å²) >= 11 is 0. The number of aliphatic imine (C=N–C) groups is 1. The molecule has 0 saturated heterocycles. The minimum Gasteiger partial charge on any atom is -0.487 e. The topological polar surface area (TPSA) is 41.8 Å². The average Bonchev–Trinajstić information content (AvgIpc) is 2.90. The lowest BCUT2D eigenvalue weighted by atomic mass is 10.1. The summed E-state index contributed by atoms with van der Waals surface area (Å²) in [4.78, 5) is 4.31. The van der Waals surface area contributed by atoms with E-state index >= 15 is 0 Å². The van der Waals surface area contributed by atoms with Gasteiger partial charge in [-0.1, -0.05) is 12.1 Å². The number of rotatable bonds is 4. The molecule has 0 bridgehead atoms. The van der Waals surface area contributed by atoms with Crippen molar-refractivity contribution in [1.82, 2.24) is 0 Å². The molecule has 0 saturated carbocycles. The maximum absolute atomic E-state index is 13.6. The van der Waals surface area contributed by atoms with Crippen LogP contribution in [0.15, 0.2) is 41.4 Å². The van der Waals surface area contributed by atoms with Gasteiger partial charge in [0.2, 0.25) is 0 Å². The van der Waals surface area contributed by atoms with E-state index in [1.54, 1.807) is 6.07 Å². The lowest BCUT2D eigenvalue weighted by Crippen LogP contribution is -2.02. The van der Waals surface area contributed by atoms with Crippen LogP contribution in [0.3, 0.4) is 0 Å². The number of nitrogens with zero attached hydrogens (tertiary/aromatic N) is 1. The van der Waals surface area contributed by atoms with Gasteiger partial charge in [-0.3, -0.25) is 4.99 Å². The molecule has 0 aliphatic carbocycles. The summed E-state index contributed by atoms with van der Waals surface area (Å²) in [6.07, 6.45) is 0.591. The molecule has 0 fully saturated rings. The van der Waals surface area contributed by atoms with Crippen molar-refractivity contribution in [3.63, 3.8) is 0 Å². The number of fused-ring (bicyclic) bond motifs is 1. The summed E-state index contributed by atoms with van der Waals surface area (Å²) in [5.41, 5.74) is 2.59. The summed E-state index contributed by atoms with van der Waals surface area (Å²) in [5.74, 6) is -0.726. The van der Waals surface area contributed by atoms with Gasteiger partial charge in [0.05, 0.1) is 6.61 Å². The Kier molecular flexibility index (Phi) is 3.66. The lowest BCUT2D eigenvalue weighted by Gasteiger charge is -2.10. The van der Waals surface area contributed by atoms with E-state index in [0.29, 0.717) is 23.6 Å². The Hall–Kier alpha value is -2.27. The minimum absolute atomic E-state index is 0.00740. The smallest absolute Gasteiger partial charge is 0.145 e. The summed E-state index contributed by atoms with van der Waals surface area (Å²) in [6, 6.07) is 8.85. The van der Waals surface area contributed by atoms with E-state index in [1.807, 2.05) is 12.1 Å². The Morgan fingerprint density at radius 1 is 1.19 bits per heavy atom. The second kappa shape index (κ2) is 5.61. The largest absolute Gasteiger partial charge is 0.487 e. The molecule has 0 atom stereocenters. The zero-order chi connectivity index (χ0) is 14.8.